The maximum Gasteiger partial charge on any atom is 1.00 e. The molecule has 0 saturated carbocycles. The van der Waals surface area contributed by atoms with Crippen molar-refractivity contribution in [2.45, 2.75) is 0 Å². The van der Waals surface area contributed by atoms with E-state index in [0.717, 1.165) is 0 Å². The van der Waals surface area contributed by atoms with Crippen LogP contribution in [0.4, 0.5) is 0 Å². The minimum absolute atomic E-state index is 0. The molecule has 0 aromatic heterocycles. The Morgan fingerprint density at radius 2 is 2.29 bits per heavy atom. The van der Waals surface area contributed by atoms with E-state index in [9.17, 15) is 4.57 Å². The minimum Gasteiger partial charge on any atom is -1.00 e. The molecule has 2 nitrogen and oxygen atoms in total. The largest absolute Gasteiger partial charge is 1.00 e. The van der Waals surface area contributed by atoms with Crippen molar-refractivity contribution < 1.29 is 40.4 Å². The van der Waals surface area contributed by atoms with Gasteiger partial charge in [-0.2, -0.15) is 4.89 Å². The molecule has 0 rings (SSSR count). The first-order valence-corrected chi connectivity index (χ1v) is 3.99. The standard InChI is InChI=1S/C2H4BrO2P.Na.H/c3-1-2-6(4)5;;/h1-2H2;;/q;+1;-1/p+1. The summed E-state index contributed by atoms with van der Waals surface area (Å²) in [6.45, 7) is 0. The van der Waals surface area contributed by atoms with E-state index in [0.29, 0.717) is 11.5 Å². The van der Waals surface area contributed by atoms with Crippen LogP contribution in [0.25, 0.3) is 0 Å². The van der Waals surface area contributed by atoms with Gasteiger partial charge in [0, 0.05) is 0 Å². The summed E-state index contributed by atoms with van der Waals surface area (Å²) >= 11 is 3.01. The third kappa shape index (κ3) is 11.2. The van der Waals surface area contributed by atoms with Gasteiger partial charge >= 0.3 is 37.6 Å². The van der Waals surface area contributed by atoms with Crippen molar-refractivity contribution in [2.24, 2.45) is 0 Å². The molecule has 0 aliphatic heterocycles. The first-order chi connectivity index (χ1) is 2.77. The Bertz CT molecular complexity index is 64.0. The van der Waals surface area contributed by atoms with Gasteiger partial charge in [0.15, 0.2) is 6.16 Å². The topological polar surface area (TPSA) is 37.3 Å². The summed E-state index contributed by atoms with van der Waals surface area (Å²) in [4.78, 5) is 8.03. The Morgan fingerprint density at radius 1 is 1.86 bits per heavy atom. The van der Waals surface area contributed by atoms with Gasteiger partial charge < -0.3 is 1.43 Å². The molecule has 0 saturated heterocycles. The Morgan fingerprint density at radius 3 is 2.29 bits per heavy atom. The van der Waals surface area contributed by atoms with E-state index in [2.05, 4.69) is 15.9 Å². The molecule has 0 radical (unpaired) electrons. The van der Waals surface area contributed by atoms with Gasteiger partial charge in [-0.25, -0.2) is 0 Å². The third-order valence-corrected chi connectivity index (χ3v) is 1.89. The van der Waals surface area contributed by atoms with Crippen LogP contribution in [-0.2, 0) is 4.57 Å². The molecule has 38 valence electrons. The summed E-state index contributed by atoms with van der Waals surface area (Å²) in [5.74, 6) is 0. The predicted octanol–water partition coefficient (Wildman–Crippen LogP) is -1.77. The Hall–Kier alpha value is 1.54. The quantitative estimate of drug-likeness (QED) is 0.322. The van der Waals surface area contributed by atoms with Gasteiger partial charge in [-0.3, -0.25) is 0 Å². The molecule has 5 heteroatoms. The number of hydrogen-bond donors (Lipinski definition) is 1. The molecule has 7 heavy (non-hydrogen) atoms. The second-order valence-corrected chi connectivity index (χ2v) is 2.71. The van der Waals surface area contributed by atoms with Crippen molar-refractivity contribution in [3.63, 3.8) is 0 Å². The zero-order chi connectivity index (χ0) is 4.99. The Kier molecular flexibility index (Phi) is 12.2. The number of hydrogen-bond acceptors (Lipinski definition) is 1. The van der Waals surface area contributed by atoms with Crippen molar-refractivity contribution >= 4 is 24.0 Å². The van der Waals surface area contributed by atoms with Crippen LogP contribution in [0.2, 0.25) is 0 Å². The molecule has 0 aliphatic rings. The second kappa shape index (κ2) is 7.54. The summed E-state index contributed by atoms with van der Waals surface area (Å²) in [6.07, 6.45) is 0.356. The van der Waals surface area contributed by atoms with Crippen LogP contribution in [0.5, 0.6) is 0 Å². The van der Waals surface area contributed by atoms with E-state index in [1.54, 1.807) is 0 Å². The first-order valence-electron chi connectivity index (χ1n) is 1.47. The van der Waals surface area contributed by atoms with Crippen LogP contribution >= 0.6 is 24.0 Å². The van der Waals surface area contributed by atoms with Crippen LogP contribution in [0.3, 0.4) is 0 Å². The minimum atomic E-state index is -1.90. The summed E-state index contributed by atoms with van der Waals surface area (Å²) in [5, 5.41) is 0.610. The molecular formula is C2H6BrNaO2P+. The van der Waals surface area contributed by atoms with Gasteiger partial charge in [-0.15, -0.1) is 0 Å². The molecule has 0 aromatic carbocycles. The zero-order valence-electron chi connectivity index (χ0n) is 5.09. The molecule has 0 spiro atoms. The molecule has 0 heterocycles. The van der Waals surface area contributed by atoms with Gasteiger partial charge in [-0.05, 0) is 4.57 Å². The van der Waals surface area contributed by atoms with Gasteiger partial charge in [0.05, 0.1) is 5.33 Å². The molecule has 0 bridgehead atoms. The van der Waals surface area contributed by atoms with Gasteiger partial charge in [0.1, 0.15) is 0 Å². The van der Waals surface area contributed by atoms with Crippen molar-refractivity contribution in [1.29, 1.82) is 0 Å². The fourth-order valence-electron chi connectivity index (χ4n) is 0.0723. The average molecular weight is 196 g/mol. The maximum atomic E-state index is 9.72. The molecular weight excluding hydrogens is 190 g/mol. The van der Waals surface area contributed by atoms with E-state index in [1.807, 2.05) is 0 Å². The number of alkyl halides is 1. The Balaban J connectivity index is -0.000000125. The maximum absolute atomic E-state index is 9.72. The van der Waals surface area contributed by atoms with Crippen molar-refractivity contribution in [2.75, 3.05) is 11.5 Å². The molecule has 0 aromatic rings. The summed E-state index contributed by atoms with van der Waals surface area (Å²) in [5.41, 5.74) is 0. The van der Waals surface area contributed by atoms with E-state index in [1.165, 1.54) is 0 Å². The molecule has 1 unspecified atom stereocenters. The van der Waals surface area contributed by atoms with Crippen LogP contribution in [0, 0.1) is 0 Å². The number of halogens is 1. The molecule has 0 aliphatic carbocycles. The fraction of sp³-hybridized carbons (Fsp3) is 1.00. The molecule has 1 N–H and O–H groups in total. The second-order valence-electron chi connectivity index (χ2n) is 0.765. The van der Waals surface area contributed by atoms with Crippen LogP contribution in [0.1, 0.15) is 1.43 Å². The molecule has 1 atom stereocenters. The third-order valence-electron chi connectivity index (χ3n) is 0.276. The normalized spacial score (nSPS) is 9.71. The number of rotatable bonds is 2. The van der Waals surface area contributed by atoms with E-state index >= 15 is 0 Å². The van der Waals surface area contributed by atoms with E-state index < -0.39 is 8.03 Å². The van der Waals surface area contributed by atoms with Crippen molar-refractivity contribution in [3.8, 4) is 0 Å². The summed E-state index contributed by atoms with van der Waals surface area (Å²) in [6, 6.07) is 0. The first kappa shape index (κ1) is 11.4. The van der Waals surface area contributed by atoms with Gasteiger partial charge in [0.2, 0.25) is 0 Å². The predicted molar refractivity (Wildman–Crippen MR) is 29.6 cm³/mol. The fourth-order valence-corrected chi connectivity index (χ4v) is 1.13. The van der Waals surface area contributed by atoms with Gasteiger partial charge in [-0.1, -0.05) is 15.9 Å². The Labute approximate surface area is 75.5 Å². The average Bonchev–Trinajstić information content (AvgIpc) is 1.35. The van der Waals surface area contributed by atoms with Crippen molar-refractivity contribution in [3.05, 3.63) is 0 Å². The van der Waals surface area contributed by atoms with Crippen LogP contribution in [-0.4, -0.2) is 16.4 Å². The summed E-state index contributed by atoms with van der Waals surface area (Å²) in [7, 11) is -1.90. The van der Waals surface area contributed by atoms with E-state index in [-0.39, 0.29) is 31.0 Å². The SMILES string of the molecule is O=[P+](O)CCBr.[H-].[Na+]. The van der Waals surface area contributed by atoms with Gasteiger partial charge in [0.25, 0.3) is 0 Å². The van der Waals surface area contributed by atoms with Crippen molar-refractivity contribution in [1.82, 2.24) is 0 Å². The van der Waals surface area contributed by atoms with Crippen LogP contribution in [0.15, 0.2) is 0 Å². The smallest absolute Gasteiger partial charge is 1.00 e. The summed E-state index contributed by atoms with van der Waals surface area (Å²) < 4.78 is 9.72. The monoisotopic (exact) mass is 195 g/mol. The zero-order valence-corrected chi connectivity index (χ0v) is 8.58. The van der Waals surface area contributed by atoms with E-state index in [4.69, 9.17) is 4.89 Å². The molecule has 0 fully saturated rings. The van der Waals surface area contributed by atoms with Crippen LogP contribution < -0.4 is 29.6 Å². The molecule has 0 amide bonds.